The fourth-order valence-electron chi connectivity index (χ4n) is 3.09. The van der Waals surface area contributed by atoms with E-state index < -0.39 is 0 Å². The molecule has 1 N–H and O–H groups in total. The van der Waals surface area contributed by atoms with Crippen LogP contribution in [-0.2, 0) is 9.53 Å². The minimum absolute atomic E-state index is 0.0153. The fraction of sp³-hybridized carbons (Fsp3) is 0.562. The monoisotopic (exact) mass is 274 g/mol. The summed E-state index contributed by atoms with van der Waals surface area (Å²) in [4.78, 5) is 14.4. The van der Waals surface area contributed by atoms with E-state index in [1.807, 2.05) is 30.0 Å². The molecule has 2 unspecified atom stereocenters. The van der Waals surface area contributed by atoms with Gasteiger partial charge in [0.25, 0.3) is 0 Å². The number of carbonyl (C=O) groups excluding carboxylic acids is 1. The van der Waals surface area contributed by atoms with Crippen molar-refractivity contribution in [3.05, 3.63) is 35.9 Å². The Morgan fingerprint density at radius 3 is 2.65 bits per heavy atom. The van der Waals surface area contributed by atoms with E-state index in [4.69, 9.17) is 4.74 Å². The van der Waals surface area contributed by atoms with Gasteiger partial charge in [0.2, 0.25) is 5.91 Å². The van der Waals surface area contributed by atoms with Crippen molar-refractivity contribution < 1.29 is 9.53 Å². The largest absolute Gasteiger partial charge is 0.381 e. The summed E-state index contributed by atoms with van der Waals surface area (Å²) in [5, 5.41) is 3.40. The first-order chi connectivity index (χ1) is 9.75. The van der Waals surface area contributed by atoms with Gasteiger partial charge in [-0.25, -0.2) is 0 Å². The summed E-state index contributed by atoms with van der Waals surface area (Å²) in [5.74, 6) is 0.774. The fourth-order valence-corrected chi connectivity index (χ4v) is 3.09. The quantitative estimate of drug-likeness (QED) is 0.916. The highest BCUT2D eigenvalue weighted by molar-refractivity contribution is 5.84. The molecule has 108 valence electrons. The van der Waals surface area contributed by atoms with Gasteiger partial charge in [0, 0.05) is 19.8 Å². The van der Waals surface area contributed by atoms with Crippen LogP contribution in [0, 0.1) is 5.92 Å². The Balaban J connectivity index is 1.76. The Bertz CT molecular complexity index is 457. The van der Waals surface area contributed by atoms with Gasteiger partial charge in [-0.3, -0.25) is 10.1 Å². The first kappa shape index (κ1) is 13.6. The maximum absolute atomic E-state index is 12.4. The molecular weight excluding hydrogens is 252 g/mol. The minimum atomic E-state index is -0.0972. The summed E-state index contributed by atoms with van der Waals surface area (Å²) in [6.07, 6.45) is 2.13. The van der Waals surface area contributed by atoms with Gasteiger partial charge in [-0.15, -0.1) is 0 Å². The zero-order valence-electron chi connectivity index (χ0n) is 11.9. The van der Waals surface area contributed by atoms with Crippen LogP contribution in [0.4, 0.5) is 0 Å². The molecule has 0 radical (unpaired) electrons. The molecule has 2 aliphatic rings. The van der Waals surface area contributed by atoms with Gasteiger partial charge < -0.3 is 9.64 Å². The molecule has 2 saturated heterocycles. The van der Waals surface area contributed by atoms with E-state index in [0.29, 0.717) is 5.92 Å². The summed E-state index contributed by atoms with van der Waals surface area (Å²) in [6, 6.07) is 10.1. The third-order valence-electron chi connectivity index (χ3n) is 4.28. The van der Waals surface area contributed by atoms with Crippen molar-refractivity contribution >= 4 is 5.91 Å². The van der Waals surface area contributed by atoms with E-state index in [9.17, 15) is 4.79 Å². The average molecular weight is 274 g/mol. The number of benzene rings is 1. The van der Waals surface area contributed by atoms with Crippen molar-refractivity contribution in [1.82, 2.24) is 10.2 Å². The van der Waals surface area contributed by atoms with Gasteiger partial charge in [0.05, 0.1) is 6.04 Å². The normalized spacial score (nSPS) is 28.1. The molecule has 1 aromatic rings. The molecule has 0 spiro atoms. The maximum Gasteiger partial charge on any atom is 0.241 e. The average Bonchev–Trinajstić information content (AvgIpc) is 2.78. The first-order valence-corrected chi connectivity index (χ1v) is 7.45. The lowest BCUT2D eigenvalue weighted by Crippen LogP contribution is -2.36. The predicted molar refractivity (Wildman–Crippen MR) is 77.0 cm³/mol. The van der Waals surface area contributed by atoms with Gasteiger partial charge >= 0.3 is 0 Å². The van der Waals surface area contributed by atoms with Crippen LogP contribution < -0.4 is 5.32 Å². The van der Waals surface area contributed by atoms with Crippen LogP contribution in [0.15, 0.2) is 30.3 Å². The smallest absolute Gasteiger partial charge is 0.241 e. The number of hydrogen-bond acceptors (Lipinski definition) is 3. The molecule has 2 aliphatic heterocycles. The second-order valence-electron chi connectivity index (χ2n) is 5.75. The third-order valence-corrected chi connectivity index (χ3v) is 4.28. The highest BCUT2D eigenvalue weighted by Gasteiger charge is 2.38. The first-order valence-electron chi connectivity index (χ1n) is 7.45. The lowest BCUT2D eigenvalue weighted by atomic mass is 9.99. The van der Waals surface area contributed by atoms with Gasteiger partial charge in [-0.05, 0) is 31.2 Å². The Hall–Kier alpha value is -1.39. The van der Waals surface area contributed by atoms with Crippen molar-refractivity contribution in [2.24, 2.45) is 5.92 Å². The molecule has 2 atom stereocenters. The van der Waals surface area contributed by atoms with E-state index in [0.717, 1.165) is 38.2 Å². The van der Waals surface area contributed by atoms with Crippen molar-refractivity contribution in [3.8, 4) is 0 Å². The van der Waals surface area contributed by atoms with Crippen LogP contribution in [0.3, 0.4) is 0 Å². The van der Waals surface area contributed by atoms with Crippen LogP contribution >= 0.6 is 0 Å². The van der Waals surface area contributed by atoms with Gasteiger partial charge in [-0.1, -0.05) is 30.3 Å². The highest BCUT2D eigenvalue weighted by Crippen LogP contribution is 2.28. The SMILES string of the molecule is CC1NC(c2ccccc2)N(CC2CCOCC2)C1=O. The van der Waals surface area contributed by atoms with E-state index in [2.05, 4.69) is 17.4 Å². The molecule has 0 bridgehead atoms. The second kappa shape index (κ2) is 5.94. The molecule has 4 heteroatoms. The van der Waals surface area contributed by atoms with Gasteiger partial charge in [0.1, 0.15) is 6.17 Å². The summed E-state index contributed by atoms with van der Waals surface area (Å²) < 4.78 is 5.40. The molecule has 4 nitrogen and oxygen atoms in total. The highest BCUT2D eigenvalue weighted by atomic mass is 16.5. The number of carbonyl (C=O) groups is 1. The number of nitrogens with zero attached hydrogens (tertiary/aromatic N) is 1. The Morgan fingerprint density at radius 2 is 1.95 bits per heavy atom. The Kier molecular flexibility index (Phi) is 4.03. The molecule has 0 saturated carbocycles. The van der Waals surface area contributed by atoms with Gasteiger partial charge in [0.15, 0.2) is 0 Å². The summed E-state index contributed by atoms with van der Waals surface area (Å²) in [6.45, 7) is 4.43. The summed E-state index contributed by atoms with van der Waals surface area (Å²) in [7, 11) is 0. The van der Waals surface area contributed by atoms with E-state index >= 15 is 0 Å². The lowest BCUT2D eigenvalue weighted by molar-refractivity contribution is -0.130. The van der Waals surface area contributed by atoms with Crippen molar-refractivity contribution in [2.75, 3.05) is 19.8 Å². The van der Waals surface area contributed by atoms with Crippen molar-refractivity contribution in [3.63, 3.8) is 0 Å². The molecule has 3 rings (SSSR count). The van der Waals surface area contributed by atoms with E-state index in [1.54, 1.807) is 0 Å². The van der Waals surface area contributed by atoms with Crippen LogP contribution in [0.5, 0.6) is 0 Å². The Labute approximate surface area is 120 Å². The Morgan fingerprint density at radius 1 is 1.25 bits per heavy atom. The van der Waals surface area contributed by atoms with Gasteiger partial charge in [-0.2, -0.15) is 0 Å². The number of rotatable bonds is 3. The molecule has 1 aromatic carbocycles. The molecule has 2 heterocycles. The summed E-state index contributed by atoms with van der Waals surface area (Å²) in [5.41, 5.74) is 1.16. The molecular formula is C16H22N2O2. The molecule has 1 amide bonds. The number of amides is 1. The number of nitrogens with one attached hydrogen (secondary N) is 1. The van der Waals surface area contributed by atoms with E-state index in [-0.39, 0.29) is 18.1 Å². The topological polar surface area (TPSA) is 41.6 Å². The molecule has 0 aliphatic carbocycles. The zero-order valence-corrected chi connectivity index (χ0v) is 11.9. The molecule has 2 fully saturated rings. The zero-order chi connectivity index (χ0) is 13.9. The maximum atomic E-state index is 12.4. The summed E-state index contributed by atoms with van der Waals surface area (Å²) >= 11 is 0. The lowest BCUT2D eigenvalue weighted by Gasteiger charge is -2.30. The van der Waals surface area contributed by atoms with E-state index in [1.165, 1.54) is 0 Å². The standard InChI is InChI=1S/C16H22N2O2/c1-12-16(19)18(11-13-7-9-20-10-8-13)15(17-12)14-5-3-2-4-6-14/h2-6,12-13,15,17H,7-11H2,1H3. The predicted octanol–water partition coefficient (Wildman–Crippen LogP) is 1.93. The molecule has 0 aromatic heterocycles. The second-order valence-corrected chi connectivity index (χ2v) is 5.75. The number of hydrogen-bond donors (Lipinski definition) is 1. The minimum Gasteiger partial charge on any atom is -0.381 e. The van der Waals surface area contributed by atoms with Crippen molar-refractivity contribution in [2.45, 2.75) is 32.0 Å². The van der Waals surface area contributed by atoms with Crippen molar-refractivity contribution in [1.29, 1.82) is 0 Å². The molecule has 20 heavy (non-hydrogen) atoms. The van der Waals surface area contributed by atoms with Crippen LogP contribution in [0.1, 0.15) is 31.5 Å². The van der Waals surface area contributed by atoms with Crippen LogP contribution in [-0.4, -0.2) is 36.6 Å². The number of ether oxygens (including phenoxy) is 1. The van der Waals surface area contributed by atoms with Crippen LogP contribution in [0.25, 0.3) is 0 Å². The third kappa shape index (κ3) is 2.72. The van der Waals surface area contributed by atoms with Crippen LogP contribution in [0.2, 0.25) is 0 Å².